The molecule has 0 aliphatic heterocycles. The number of hydrogen-bond donors (Lipinski definition) is 0. The van der Waals surface area contributed by atoms with E-state index in [2.05, 4.69) is 10.4 Å². The Labute approximate surface area is 145 Å². The zero-order valence-corrected chi connectivity index (χ0v) is 14.2. The van der Waals surface area contributed by atoms with Gasteiger partial charge < -0.3 is 4.90 Å². The summed E-state index contributed by atoms with van der Waals surface area (Å²) in [6, 6.07) is 16.9. The van der Waals surface area contributed by atoms with E-state index in [4.69, 9.17) is 0 Å². The zero-order valence-electron chi connectivity index (χ0n) is 14.2. The molecule has 0 saturated heterocycles. The van der Waals surface area contributed by atoms with Gasteiger partial charge in [0, 0.05) is 13.6 Å². The van der Waals surface area contributed by atoms with Crippen molar-refractivity contribution >= 4 is 5.91 Å². The number of rotatable bonds is 5. The number of amides is 1. The Morgan fingerprint density at radius 1 is 1.04 bits per heavy atom. The highest BCUT2D eigenvalue weighted by Crippen LogP contribution is 2.09. The second kappa shape index (κ2) is 7.12. The van der Waals surface area contributed by atoms with Crippen LogP contribution in [0.2, 0.25) is 0 Å². The largest absolute Gasteiger partial charge is 0.368 e. The molecule has 0 spiro atoms. The molecule has 0 aliphatic rings. The van der Waals surface area contributed by atoms with Gasteiger partial charge in [0.25, 0.3) is 0 Å². The van der Waals surface area contributed by atoms with Crippen LogP contribution in [0, 0.1) is 6.92 Å². The second-order valence-corrected chi connectivity index (χ2v) is 5.84. The average molecular weight is 337 g/mol. The summed E-state index contributed by atoms with van der Waals surface area (Å²) in [6.07, 6.45) is 0. The number of nitrogens with zero attached hydrogens (tertiary/aromatic N) is 5. The number of tetrazole rings is 1. The van der Waals surface area contributed by atoms with Crippen molar-refractivity contribution in [2.45, 2.75) is 20.0 Å². The zero-order chi connectivity index (χ0) is 17.8. The molecule has 3 rings (SSSR count). The Bertz CT molecular complexity index is 930. The van der Waals surface area contributed by atoms with Crippen LogP contribution in [0.15, 0.2) is 59.4 Å². The third-order valence-corrected chi connectivity index (χ3v) is 4.02. The summed E-state index contributed by atoms with van der Waals surface area (Å²) < 4.78 is 2.25. The highest BCUT2D eigenvalue weighted by atomic mass is 16.2. The molecule has 0 unspecified atom stereocenters. The number of para-hydroxylation sites is 1. The Kier molecular flexibility index (Phi) is 4.74. The molecule has 25 heavy (non-hydrogen) atoms. The van der Waals surface area contributed by atoms with Crippen LogP contribution in [0.4, 0.5) is 0 Å². The van der Waals surface area contributed by atoms with Gasteiger partial charge in [-0.25, -0.2) is 4.79 Å². The molecule has 0 aliphatic carbocycles. The number of benzene rings is 2. The summed E-state index contributed by atoms with van der Waals surface area (Å²) in [5.74, 6) is -0.203. The van der Waals surface area contributed by atoms with E-state index in [9.17, 15) is 9.59 Å². The fraction of sp³-hybridized carbons (Fsp3) is 0.222. The summed E-state index contributed by atoms with van der Waals surface area (Å²) in [7, 11) is 1.71. The lowest BCUT2D eigenvalue weighted by atomic mass is 10.1. The minimum Gasteiger partial charge on any atom is -0.340 e. The van der Waals surface area contributed by atoms with E-state index in [1.807, 2.05) is 49.4 Å². The average Bonchev–Trinajstić information content (AvgIpc) is 2.98. The summed E-state index contributed by atoms with van der Waals surface area (Å²) in [4.78, 5) is 26.4. The first-order chi connectivity index (χ1) is 12.1. The van der Waals surface area contributed by atoms with Crippen molar-refractivity contribution in [3.8, 4) is 5.69 Å². The molecule has 2 aromatic carbocycles. The van der Waals surface area contributed by atoms with Crippen LogP contribution in [0.3, 0.4) is 0 Å². The maximum atomic E-state index is 12.4. The first-order valence-electron chi connectivity index (χ1n) is 7.93. The van der Waals surface area contributed by atoms with Crippen molar-refractivity contribution in [3.63, 3.8) is 0 Å². The number of likely N-dealkylation sites (N-methyl/N-ethyl adjacent to an activating group) is 1. The van der Waals surface area contributed by atoms with Gasteiger partial charge in [0.1, 0.15) is 6.54 Å². The molecule has 1 amide bonds. The Morgan fingerprint density at radius 3 is 2.44 bits per heavy atom. The van der Waals surface area contributed by atoms with Gasteiger partial charge in [0.2, 0.25) is 5.91 Å². The van der Waals surface area contributed by atoms with Crippen LogP contribution in [0.1, 0.15) is 11.1 Å². The van der Waals surface area contributed by atoms with Crippen LogP contribution in [-0.2, 0) is 17.9 Å². The van der Waals surface area contributed by atoms with Gasteiger partial charge >= 0.3 is 5.69 Å². The Morgan fingerprint density at radius 2 is 1.72 bits per heavy atom. The van der Waals surface area contributed by atoms with E-state index in [1.165, 1.54) is 4.68 Å². The summed E-state index contributed by atoms with van der Waals surface area (Å²) in [5.41, 5.74) is 2.36. The molecule has 1 heterocycles. The maximum absolute atomic E-state index is 12.4. The van der Waals surface area contributed by atoms with Crippen LogP contribution in [0.5, 0.6) is 0 Å². The van der Waals surface area contributed by atoms with E-state index >= 15 is 0 Å². The first kappa shape index (κ1) is 16.6. The second-order valence-electron chi connectivity index (χ2n) is 5.84. The standard InChI is InChI=1S/C18H19N5O2/c1-14-8-6-7-9-15(14)12-21(2)17(24)13-22-18(25)23(20-19-22)16-10-4-3-5-11-16/h3-11H,12-13H2,1-2H3. The topological polar surface area (TPSA) is 73.0 Å². The lowest BCUT2D eigenvalue weighted by molar-refractivity contribution is -0.131. The van der Waals surface area contributed by atoms with Crippen molar-refractivity contribution < 1.29 is 4.79 Å². The van der Waals surface area contributed by atoms with Crippen molar-refractivity contribution in [2.24, 2.45) is 0 Å². The molecular formula is C18H19N5O2. The van der Waals surface area contributed by atoms with E-state index in [0.29, 0.717) is 12.2 Å². The molecule has 0 radical (unpaired) electrons. The van der Waals surface area contributed by atoms with Crippen molar-refractivity contribution in [2.75, 3.05) is 7.05 Å². The highest BCUT2D eigenvalue weighted by Gasteiger charge is 2.15. The van der Waals surface area contributed by atoms with Crippen molar-refractivity contribution in [1.82, 2.24) is 24.7 Å². The molecule has 128 valence electrons. The van der Waals surface area contributed by atoms with E-state index in [0.717, 1.165) is 15.8 Å². The van der Waals surface area contributed by atoms with Gasteiger partial charge in [0.05, 0.1) is 5.69 Å². The Balaban J connectivity index is 1.72. The van der Waals surface area contributed by atoms with E-state index in [-0.39, 0.29) is 12.5 Å². The molecule has 0 saturated carbocycles. The van der Waals surface area contributed by atoms with Gasteiger partial charge in [-0.2, -0.15) is 9.36 Å². The van der Waals surface area contributed by atoms with Crippen LogP contribution < -0.4 is 5.69 Å². The summed E-state index contributed by atoms with van der Waals surface area (Å²) in [5, 5.41) is 7.65. The number of aryl methyl sites for hydroxylation is 1. The number of hydrogen-bond acceptors (Lipinski definition) is 4. The molecule has 0 N–H and O–H groups in total. The molecule has 0 bridgehead atoms. The SMILES string of the molecule is Cc1ccccc1CN(C)C(=O)Cn1nnn(-c2ccccc2)c1=O. The number of carbonyl (C=O) groups excluding carboxylic acids is 1. The molecular weight excluding hydrogens is 318 g/mol. The van der Waals surface area contributed by atoms with Gasteiger partial charge in [-0.05, 0) is 40.6 Å². The quantitative estimate of drug-likeness (QED) is 0.705. The monoisotopic (exact) mass is 337 g/mol. The van der Waals surface area contributed by atoms with Crippen molar-refractivity contribution in [1.29, 1.82) is 0 Å². The summed E-state index contributed by atoms with van der Waals surface area (Å²) >= 11 is 0. The third kappa shape index (κ3) is 3.65. The molecule has 0 fully saturated rings. The Hall–Kier alpha value is -3.22. The smallest absolute Gasteiger partial charge is 0.340 e. The fourth-order valence-electron chi connectivity index (χ4n) is 2.48. The normalized spacial score (nSPS) is 10.6. The van der Waals surface area contributed by atoms with Gasteiger partial charge in [-0.3, -0.25) is 4.79 Å². The number of carbonyl (C=O) groups is 1. The summed E-state index contributed by atoms with van der Waals surface area (Å²) in [6.45, 7) is 2.34. The minimum absolute atomic E-state index is 0.145. The lowest BCUT2D eigenvalue weighted by Crippen LogP contribution is -2.34. The molecule has 0 atom stereocenters. The van der Waals surface area contributed by atoms with Gasteiger partial charge in [-0.1, -0.05) is 42.5 Å². The van der Waals surface area contributed by atoms with Crippen molar-refractivity contribution in [3.05, 3.63) is 76.2 Å². The fourth-order valence-corrected chi connectivity index (χ4v) is 2.48. The molecule has 3 aromatic rings. The van der Waals surface area contributed by atoms with Gasteiger partial charge in [-0.15, -0.1) is 0 Å². The van der Waals surface area contributed by atoms with Crippen LogP contribution in [-0.4, -0.2) is 37.6 Å². The van der Waals surface area contributed by atoms with E-state index in [1.54, 1.807) is 24.1 Å². The highest BCUT2D eigenvalue weighted by molar-refractivity contribution is 5.75. The van der Waals surface area contributed by atoms with Gasteiger partial charge in [0.15, 0.2) is 0 Å². The molecule has 1 aromatic heterocycles. The lowest BCUT2D eigenvalue weighted by Gasteiger charge is -2.18. The maximum Gasteiger partial charge on any atom is 0.368 e. The minimum atomic E-state index is -0.441. The third-order valence-electron chi connectivity index (χ3n) is 4.02. The predicted molar refractivity (Wildman–Crippen MR) is 93.3 cm³/mol. The van der Waals surface area contributed by atoms with Crippen LogP contribution in [0.25, 0.3) is 5.69 Å². The molecule has 7 nitrogen and oxygen atoms in total. The van der Waals surface area contributed by atoms with E-state index < -0.39 is 5.69 Å². The molecule has 7 heteroatoms. The number of aromatic nitrogens is 4. The first-order valence-corrected chi connectivity index (χ1v) is 7.93. The van der Waals surface area contributed by atoms with Crippen LogP contribution >= 0.6 is 0 Å². The predicted octanol–water partition coefficient (Wildman–Crippen LogP) is 1.40.